The highest BCUT2D eigenvalue weighted by atomic mass is 32.2. The van der Waals surface area contributed by atoms with Crippen LogP contribution in [0.5, 0.6) is 0 Å². The second kappa shape index (κ2) is 4.11. The lowest BCUT2D eigenvalue weighted by atomic mass is 9.94. The molecule has 2 fully saturated rings. The second-order valence-corrected chi connectivity index (χ2v) is 5.38. The molecule has 1 spiro atoms. The molecule has 2 aliphatic rings. The fourth-order valence-corrected chi connectivity index (χ4v) is 3.54. The van der Waals surface area contributed by atoms with Gasteiger partial charge in [-0.1, -0.05) is 0 Å². The van der Waals surface area contributed by atoms with Gasteiger partial charge in [0.1, 0.15) is 11.0 Å². The third-order valence-electron chi connectivity index (χ3n) is 2.77. The number of thioether (sulfide) groups is 1. The van der Waals surface area contributed by atoms with Gasteiger partial charge in [-0.3, -0.25) is 4.79 Å². The first-order chi connectivity index (χ1) is 6.70. The van der Waals surface area contributed by atoms with Crippen LogP contribution in [0.3, 0.4) is 0 Å². The molecule has 3 nitrogen and oxygen atoms in total. The van der Waals surface area contributed by atoms with Crippen LogP contribution in [0.1, 0.15) is 32.6 Å². The summed E-state index contributed by atoms with van der Waals surface area (Å²) in [5, 5.41) is 0. The van der Waals surface area contributed by atoms with Crippen LogP contribution in [0.4, 0.5) is 0 Å². The zero-order chi connectivity index (χ0) is 10.0. The van der Waals surface area contributed by atoms with Gasteiger partial charge in [-0.15, -0.1) is 11.8 Å². The van der Waals surface area contributed by atoms with Crippen molar-refractivity contribution < 1.29 is 14.3 Å². The third kappa shape index (κ3) is 2.23. The van der Waals surface area contributed by atoms with Crippen molar-refractivity contribution >= 4 is 17.7 Å². The predicted molar refractivity (Wildman–Crippen MR) is 55.2 cm³/mol. The minimum absolute atomic E-state index is 0.0294. The fourth-order valence-electron chi connectivity index (χ4n) is 2.24. The van der Waals surface area contributed by atoms with Gasteiger partial charge in [0, 0.05) is 19.1 Å². The molecule has 1 aliphatic carbocycles. The van der Waals surface area contributed by atoms with Crippen molar-refractivity contribution in [3.8, 4) is 0 Å². The Balaban J connectivity index is 1.93. The molecular weight excluding hydrogens is 200 g/mol. The summed E-state index contributed by atoms with van der Waals surface area (Å²) < 4.78 is 11.0. The zero-order valence-corrected chi connectivity index (χ0v) is 9.27. The van der Waals surface area contributed by atoms with E-state index in [1.807, 2.05) is 11.8 Å². The summed E-state index contributed by atoms with van der Waals surface area (Å²) in [5.74, 6) is 0.905. The Labute approximate surface area is 88.5 Å². The van der Waals surface area contributed by atoms with Gasteiger partial charge >= 0.3 is 5.97 Å². The Hall–Kier alpha value is -0.220. The number of rotatable bonds is 1. The molecular formula is C10H16O3S. The van der Waals surface area contributed by atoms with Gasteiger partial charge < -0.3 is 9.47 Å². The monoisotopic (exact) mass is 216 g/mol. The van der Waals surface area contributed by atoms with Gasteiger partial charge in [0.25, 0.3) is 0 Å². The molecule has 0 amide bonds. The molecule has 2 rings (SSSR count). The highest BCUT2D eigenvalue weighted by molar-refractivity contribution is 8.00. The number of carbonyl (C=O) groups excluding carboxylic acids is 1. The van der Waals surface area contributed by atoms with Crippen LogP contribution in [-0.2, 0) is 14.3 Å². The summed E-state index contributed by atoms with van der Waals surface area (Å²) in [5.41, 5.74) is 0. The summed E-state index contributed by atoms with van der Waals surface area (Å²) >= 11 is 1.88. The maximum absolute atomic E-state index is 10.8. The molecule has 0 N–H and O–H groups in total. The van der Waals surface area contributed by atoms with E-state index in [-0.39, 0.29) is 17.0 Å². The van der Waals surface area contributed by atoms with E-state index in [2.05, 4.69) is 0 Å². The molecule has 0 radical (unpaired) electrons. The molecule has 2 atom stereocenters. The molecule has 14 heavy (non-hydrogen) atoms. The Morgan fingerprint density at radius 1 is 1.64 bits per heavy atom. The lowest BCUT2D eigenvalue weighted by Crippen LogP contribution is -2.36. The van der Waals surface area contributed by atoms with Crippen LogP contribution in [0.2, 0.25) is 0 Å². The Morgan fingerprint density at radius 2 is 2.50 bits per heavy atom. The summed E-state index contributed by atoms with van der Waals surface area (Å²) in [6, 6.07) is 0. The first-order valence-electron chi connectivity index (χ1n) is 5.15. The van der Waals surface area contributed by atoms with Crippen molar-refractivity contribution in [2.45, 2.75) is 43.6 Å². The Bertz CT molecular complexity index is 223. The topological polar surface area (TPSA) is 35.5 Å². The largest absolute Gasteiger partial charge is 0.462 e. The number of esters is 1. The minimum Gasteiger partial charge on any atom is -0.462 e. The summed E-state index contributed by atoms with van der Waals surface area (Å²) in [7, 11) is 0. The summed E-state index contributed by atoms with van der Waals surface area (Å²) in [4.78, 5) is 10.8. The van der Waals surface area contributed by atoms with Crippen molar-refractivity contribution in [2.75, 3.05) is 12.4 Å². The van der Waals surface area contributed by atoms with E-state index in [9.17, 15) is 4.79 Å². The van der Waals surface area contributed by atoms with Crippen LogP contribution in [0.15, 0.2) is 0 Å². The number of ether oxygens (including phenoxy) is 2. The minimum atomic E-state index is -0.171. The molecule has 4 heteroatoms. The normalized spacial score (nSPS) is 37.4. The quantitative estimate of drug-likeness (QED) is 0.628. The van der Waals surface area contributed by atoms with Gasteiger partial charge in [-0.05, 0) is 19.3 Å². The Morgan fingerprint density at radius 3 is 3.14 bits per heavy atom. The van der Waals surface area contributed by atoms with Gasteiger partial charge in [0.05, 0.1) is 6.61 Å². The zero-order valence-electron chi connectivity index (χ0n) is 8.45. The molecule has 0 aromatic heterocycles. The van der Waals surface area contributed by atoms with E-state index in [0.717, 1.165) is 38.0 Å². The molecule has 0 bridgehead atoms. The first kappa shape index (κ1) is 10.3. The highest BCUT2D eigenvalue weighted by Gasteiger charge is 2.41. The summed E-state index contributed by atoms with van der Waals surface area (Å²) in [6.45, 7) is 2.32. The summed E-state index contributed by atoms with van der Waals surface area (Å²) in [6.07, 6.45) is 4.15. The van der Waals surface area contributed by atoms with E-state index in [0.29, 0.717) is 0 Å². The van der Waals surface area contributed by atoms with Crippen LogP contribution < -0.4 is 0 Å². The lowest BCUT2D eigenvalue weighted by molar-refractivity contribution is -0.150. The number of hydrogen-bond donors (Lipinski definition) is 0. The van der Waals surface area contributed by atoms with Gasteiger partial charge in [0.15, 0.2) is 0 Å². The predicted octanol–water partition coefficient (Wildman–Crippen LogP) is 1.95. The fraction of sp³-hybridized carbons (Fsp3) is 0.900. The lowest BCUT2D eigenvalue weighted by Gasteiger charge is -2.35. The number of carbonyl (C=O) groups is 1. The molecule has 1 heterocycles. The molecule has 0 aromatic rings. The average molecular weight is 216 g/mol. The van der Waals surface area contributed by atoms with E-state index >= 15 is 0 Å². The molecule has 0 aromatic carbocycles. The first-order valence-corrected chi connectivity index (χ1v) is 6.14. The van der Waals surface area contributed by atoms with Crippen molar-refractivity contribution in [1.29, 1.82) is 0 Å². The smallest absolute Gasteiger partial charge is 0.302 e. The molecule has 80 valence electrons. The van der Waals surface area contributed by atoms with Gasteiger partial charge in [-0.2, -0.15) is 0 Å². The van der Waals surface area contributed by atoms with Gasteiger partial charge in [0.2, 0.25) is 0 Å². The van der Waals surface area contributed by atoms with Gasteiger partial charge in [-0.25, -0.2) is 0 Å². The van der Waals surface area contributed by atoms with Crippen LogP contribution in [0, 0.1) is 0 Å². The standard InChI is InChI=1S/C10H16O3S/c1-8(11)13-9-3-2-4-10(7-9)12-5-6-14-10/h9H,2-7H2,1H3/t9-,10+/m1/s1. The maximum Gasteiger partial charge on any atom is 0.302 e. The maximum atomic E-state index is 10.8. The van der Waals surface area contributed by atoms with E-state index in [4.69, 9.17) is 9.47 Å². The van der Waals surface area contributed by atoms with Crippen molar-refractivity contribution in [2.24, 2.45) is 0 Å². The molecule has 1 saturated carbocycles. The highest BCUT2D eigenvalue weighted by Crippen LogP contribution is 2.45. The molecule has 1 saturated heterocycles. The van der Waals surface area contributed by atoms with Crippen molar-refractivity contribution in [3.63, 3.8) is 0 Å². The molecule has 1 aliphatic heterocycles. The van der Waals surface area contributed by atoms with Crippen LogP contribution in [-0.4, -0.2) is 29.4 Å². The average Bonchev–Trinajstić information content (AvgIpc) is 2.52. The van der Waals surface area contributed by atoms with Crippen molar-refractivity contribution in [1.82, 2.24) is 0 Å². The third-order valence-corrected chi connectivity index (χ3v) is 4.15. The van der Waals surface area contributed by atoms with Crippen molar-refractivity contribution in [3.05, 3.63) is 0 Å². The van der Waals surface area contributed by atoms with Crippen LogP contribution in [0.25, 0.3) is 0 Å². The number of hydrogen-bond acceptors (Lipinski definition) is 4. The van der Waals surface area contributed by atoms with E-state index in [1.165, 1.54) is 6.92 Å². The van der Waals surface area contributed by atoms with E-state index in [1.54, 1.807) is 0 Å². The van der Waals surface area contributed by atoms with E-state index < -0.39 is 0 Å². The Kier molecular flexibility index (Phi) is 3.02. The molecule has 0 unspecified atom stereocenters. The second-order valence-electron chi connectivity index (χ2n) is 3.94. The SMILES string of the molecule is CC(=O)O[C@@H]1CCC[C@]2(C1)OCCS2. The van der Waals surface area contributed by atoms with Crippen LogP contribution >= 0.6 is 11.8 Å².